The SMILES string of the molecule is Cc1cccc([C@H](C)N)c1C. The van der Waals surface area contributed by atoms with E-state index in [2.05, 4.69) is 32.0 Å². The molecule has 0 aliphatic heterocycles. The molecule has 0 fully saturated rings. The highest BCUT2D eigenvalue weighted by Crippen LogP contribution is 2.17. The number of hydrogen-bond acceptors (Lipinski definition) is 1. The van der Waals surface area contributed by atoms with Crippen LogP contribution >= 0.6 is 0 Å². The molecule has 0 aliphatic rings. The van der Waals surface area contributed by atoms with Crippen LogP contribution in [0, 0.1) is 13.8 Å². The van der Waals surface area contributed by atoms with Crippen molar-refractivity contribution in [2.24, 2.45) is 5.73 Å². The molecular formula is C10H15N. The summed E-state index contributed by atoms with van der Waals surface area (Å²) in [4.78, 5) is 0. The molecular weight excluding hydrogens is 134 g/mol. The molecule has 1 heteroatoms. The van der Waals surface area contributed by atoms with Crippen LogP contribution in [0.2, 0.25) is 0 Å². The summed E-state index contributed by atoms with van der Waals surface area (Å²) in [6, 6.07) is 6.41. The van der Waals surface area contributed by atoms with Crippen LogP contribution in [0.15, 0.2) is 18.2 Å². The molecule has 2 N–H and O–H groups in total. The van der Waals surface area contributed by atoms with Gasteiger partial charge in [0.05, 0.1) is 0 Å². The van der Waals surface area contributed by atoms with Gasteiger partial charge >= 0.3 is 0 Å². The van der Waals surface area contributed by atoms with Crippen LogP contribution in [0.4, 0.5) is 0 Å². The van der Waals surface area contributed by atoms with Crippen molar-refractivity contribution in [3.05, 3.63) is 34.9 Å². The van der Waals surface area contributed by atoms with E-state index in [4.69, 9.17) is 5.73 Å². The van der Waals surface area contributed by atoms with E-state index in [0.717, 1.165) is 0 Å². The Balaban J connectivity index is 3.17. The monoisotopic (exact) mass is 149 g/mol. The molecule has 1 aromatic rings. The number of benzene rings is 1. The van der Waals surface area contributed by atoms with Crippen LogP contribution in [-0.4, -0.2) is 0 Å². The Morgan fingerprint density at radius 1 is 1.27 bits per heavy atom. The molecule has 1 rings (SSSR count). The molecule has 0 amide bonds. The van der Waals surface area contributed by atoms with Crippen molar-refractivity contribution in [2.75, 3.05) is 0 Å². The summed E-state index contributed by atoms with van der Waals surface area (Å²) < 4.78 is 0. The number of nitrogens with two attached hydrogens (primary N) is 1. The van der Waals surface area contributed by atoms with Crippen LogP contribution in [-0.2, 0) is 0 Å². The quantitative estimate of drug-likeness (QED) is 0.651. The lowest BCUT2D eigenvalue weighted by molar-refractivity contribution is 0.808. The van der Waals surface area contributed by atoms with Crippen molar-refractivity contribution in [3.63, 3.8) is 0 Å². The Bertz CT molecular complexity index is 251. The Hall–Kier alpha value is -0.820. The molecule has 0 saturated heterocycles. The van der Waals surface area contributed by atoms with Crippen LogP contribution in [0.3, 0.4) is 0 Å². The van der Waals surface area contributed by atoms with Crippen LogP contribution < -0.4 is 5.73 Å². The second kappa shape index (κ2) is 3.05. The summed E-state index contributed by atoms with van der Waals surface area (Å²) in [5.41, 5.74) is 9.68. The highest BCUT2D eigenvalue weighted by molar-refractivity contribution is 5.34. The van der Waals surface area contributed by atoms with Crippen molar-refractivity contribution in [1.82, 2.24) is 0 Å². The summed E-state index contributed by atoms with van der Waals surface area (Å²) in [6.07, 6.45) is 0. The third-order valence-corrected chi connectivity index (χ3v) is 2.14. The zero-order chi connectivity index (χ0) is 8.43. The molecule has 0 radical (unpaired) electrons. The Morgan fingerprint density at radius 2 is 1.91 bits per heavy atom. The second-order valence-corrected chi connectivity index (χ2v) is 3.08. The van der Waals surface area contributed by atoms with E-state index in [1.807, 2.05) is 6.92 Å². The third kappa shape index (κ3) is 1.60. The van der Waals surface area contributed by atoms with Crippen molar-refractivity contribution in [1.29, 1.82) is 0 Å². The maximum absolute atomic E-state index is 5.78. The normalized spacial score (nSPS) is 13.1. The smallest absolute Gasteiger partial charge is 0.0268 e. The lowest BCUT2D eigenvalue weighted by Crippen LogP contribution is -2.07. The summed E-state index contributed by atoms with van der Waals surface area (Å²) in [7, 11) is 0. The van der Waals surface area contributed by atoms with Crippen molar-refractivity contribution in [2.45, 2.75) is 26.8 Å². The van der Waals surface area contributed by atoms with E-state index in [1.165, 1.54) is 16.7 Å². The Kier molecular flexibility index (Phi) is 2.30. The van der Waals surface area contributed by atoms with Gasteiger partial charge in [-0.1, -0.05) is 18.2 Å². The fraction of sp³-hybridized carbons (Fsp3) is 0.400. The highest BCUT2D eigenvalue weighted by atomic mass is 14.6. The van der Waals surface area contributed by atoms with Gasteiger partial charge in [-0.2, -0.15) is 0 Å². The average molecular weight is 149 g/mol. The molecule has 0 aliphatic carbocycles. The number of rotatable bonds is 1. The van der Waals surface area contributed by atoms with E-state index in [1.54, 1.807) is 0 Å². The topological polar surface area (TPSA) is 26.0 Å². The van der Waals surface area contributed by atoms with Gasteiger partial charge in [0.2, 0.25) is 0 Å². The number of aryl methyl sites for hydroxylation is 1. The molecule has 1 atom stereocenters. The van der Waals surface area contributed by atoms with Gasteiger partial charge in [-0.05, 0) is 37.5 Å². The van der Waals surface area contributed by atoms with Gasteiger partial charge in [0, 0.05) is 6.04 Å². The van der Waals surface area contributed by atoms with Crippen molar-refractivity contribution < 1.29 is 0 Å². The van der Waals surface area contributed by atoms with Crippen LogP contribution in [0.1, 0.15) is 29.7 Å². The molecule has 0 unspecified atom stereocenters. The largest absolute Gasteiger partial charge is 0.324 e. The lowest BCUT2D eigenvalue weighted by atomic mass is 9.99. The van der Waals surface area contributed by atoms with E-state index >= 15 is 0 Å². The van der Waals surface area contributed by atoms with Gasteiger partial charge < -0.3 is 5.73 Å². The number of hydrogen-bond donors (Lipinski definition) is 1. The maximum Gasteiger partial charge on any atom is 0.0268 e. The van der Waals surface area contributed by atoms with Gasteiger partial charge in [-0.25, -0.2) is 0 Å². The van der Waals surface area contributed by atoms with Crippen molar-refractivity contribution >= 4 is 0 Å². The molecule has 11 heavy (non-hydrogen) atoms. The highest BCUT2D eigenvalue weighted by Gasteiger charge is 2.03. The average Bonchev–Trinajstić information content (AvgIpc) is 1.94. The lowest BCUT2D eigenvalue weighted by Gasteiger charge is -2.10. The predicted octanol–water partition coefficient (Wildman–Crippen LogP) is 2.32. The molecule has 0 spiro atoms. The molecule has 0 saturated carbocycles. The van der Waals surface area contributed by atoms with Crippen LogP contribution in [0.5, 0.6) is 0 Å². The fourth-order valence-corrected chi connectivity index (χ4v) is 1.27. The Labute approximate surface area is 68.2 Å². The molecule has 0 bridgehead atoms. The molecule has 1 aromatic carbocycles. The summed E-state index contributed by atoms with van der Waals surface area (Å²) in [5, 5.41) is 0. The summed E-state index contributed by atoms with van der Waals surface area (Å²) >= 11 is 0. The third-order valence-electron chi connectivity index (χ3n) is 2.14. The molecule has 0 aromatic heterocycles. The predicted molar refractivity (Wildman–Crippen MR) is 48.5 cm³/mol. The van der Waals surface area contributed by atoms with E-state index in [9.17, 15) is 0 Å². The molecule has 60 valence electrons. The first kappa shape index (κ1) is 8.28. The first-order chi connectivity index (χ1) is 5.13. The molecule has 0 heterocycles. The van der Waals surface area contributed by atoms with E-state index in [0.29, 0.717) is 0 Å². The van der Waals surface area contributed by atoms with Gasteiger partial charge in [0.25, 0.3) is 0 Å². The van der Waals surface area contributed by atoms with Gasteiger partial charge in [-0.3, -0.25) is 0 Å². The Morgan fingerprint density at radius 3 is 2.36 bits per heavy atom. The fourth-order valence-electron chi connectivity index (χ4n) is 1.27. The molecule has 1 nitrogen and oxygen atoms in total. The second-order valence-electron chi connectivity index (χ2n) is 3.08. The summed E-state index contributed by atoms with van der Waals surface area (Å²) in [6.45, 7) is 6.25. The minimum absolute atomic E-state index is 0.148. The standard InChI is InChI=1S/C10H15N/c1-7-5-4-6-10(8(7)2)9(3)11/h4-6,9H,11H2,1-3H3/t9-/m0/s1. The first-order valence-corrected chi connectivity index (χ1v) is 3.94. The van der Waals surface area contributed by atoms with Crippen molar-refractivity contribution in [3.8, 4) is 0 Å². The first-order valence-electron chi connectivity index (χ1n) is 3.94. The minimum Gasteiger partial charge on any atom is -0.324 e. The van der Waals surface area contributed by atoms with Gasteiger partial charge in [-0.15, -0.1) is 0 Å². The van der Waals surface area contributed by atoms with E-state index in [-0.39, 0.29) is 6.04 Å². The zero-order valence-electron chi connectivity index (χ0n) is 7.39. The van der Waals surface area contributed by atoms with Crippen LogP contribution in [0.25, 0.3) is 0 Å². The maximum atomic E-state index is 5.78. The minimum atomic E-state index is 0.148. The zero-order valence-corrected chi connectivity index (χ0v) is 7.39. The van der Waals surface area contributed by atoms with Gasteiger partial charge in [0.15, 0.2) is 0 Å². The van der Waals surface area contributed by atoms with E-state index < -0.39 is 0 Å². The van der Waals surface area contributed by atoms with Gasteiger partial charge in [0.1, 0.15) is 0 Å². The summed E-state index contributed by atoms with van der Waals surface area (Å²) in [5.74, 6) is 0.